The first-order chi connectivity index (χ1) is 14.6. The standard InChI is InChI=1S/C24H32N4O2/c1-18-14-19(8-9-23(18)30-3)15-28-12-11-27(16-20(28)10-13-29)17-24-25-21-6-4-5-7-22(21)26(24)2/h4-9,14,20,29H,10-13,15-17H2,1-3H3/t20-/m1/s1. The first kappa shape index (κ1) is 20.8. The number of fused-ring (bicyclic) bond motifs is 1. The molecule has 6 nitrogen and oxygen atoms in total. The summed E-state index contributed by atoms with van der Waals surface area (Å²) in [6.45, 7) is 6.96. The summed E-state index contributed by atoms with van der Waals surface area (Å²) in [4.78, 5) is 9.81. The number of benzene rings is 2. The van der Waals surface area contributed by atoms with Crippen LogP contribution in [0.1, 0.15) is 23.4 Å². The van der Waals surface area contributed by atoms with Gasteiger partial charge in [0, 0.05) is 45.9 Å². The second-order valence-electron chi connectivity index (χ2n) is 8.25. The second kappa shape index (κ2) is 9.16. The smallest absolute Gasteiger partial charge is 0.123 e. The van der Waals surface area contributed by atoms with Crippen LogP contribution >= 0.6 is 0 Å². The molecule has 1 fully saturated rings. The van der Waals surface area contributed by atoms with Gasteiger partial charge in [0.15, 0.2) is 0 Å². The van der Waals surface area contributed by atoms with E-state index in [1.54, 1.807) is 7.11 Å². The Labute approximate surface area is 178 Å². The van der Waals surface area contributed by atoms with Gasteiger partial charge in [-0.2, -0.15) is 0 Å². The molecule has 0 aliphatic carbocycles. The van der Waals surface area contributed by atoms with Gasteiger partial charge >= 0.3 is 0 Å². The van der Waals surface area contributed by atoms with Crippen LogP contribution in [0.4, 0.5) is 0 Å². The predicted molar refractivity (Wildman–Crippen MR) is 120 cm³/mol. The Morgan fingerprint density at radius 1 is 1.13 bits per heavy atom. The Bertz CT molecular complexity index is 1000. The van der Waals surface area contributed by atoms with Crippen LogP contribution in [0.2, 0.25) is 0 Å². The predicted octanol–water partition coefficient (Wildman–Crippen LogP) is 2.96. The number of para-hydroxylation sites is 2. The van der Waals surface area contributed by atoms with Crippen LogP contribution in [-0.4, -0.2) is 63.9 Å². The van der Waals surface area contributed by atoms with Crippen LogP contribution in [0.3, 0.4) is 0 Å². The van der Waals surface area contributed by atoms with Crippen LogP contribution in [0, 0.1) is 6.92 Å². The highest BCUT2D eigenvalue weighted by Gasteiger charge is 2.27. The monoisotopic (exact) mass is 408 g/mol. The molecule has 0 unspecified atom stereocenters. The molecule has 0 radical (unpaired) electrons. The van der Waals surface area contributed by atoms with Crippen molar-refractivity contribution >= 4 is 11.0 Å². The van der Waals surface area contributed by atoms with Crippen molar-refractivity contribution in [1.82, 2.24) is 19.4 Å². The van der Waals surface area contributed by atoms with E-state index in [1.165, 1.54) is 11.1 Å². The number of methoxy groups -OCH3 is 1. The molecule has 30 heavy (non-hydrogen) atoms. The van der Waals surface area contributed by atoms with Gasteiger partial charge in [-0.05, 0) is 42.7 Å². The third kappa shape index (κ3) is 4.36. The Morgan fingerprint density at radius 2 is 1.97 bits per heavy atom. The Morgan fingerprint density at radius 3 is 2.70 bits per heavy atom. The summed E-state index contributed by atoms with van der Waals surface area (Å²) in [6.07, 6.45) is 0.786. The van der Waals surface area contributed by atoms with E-state index in [0.717, 1.165) is 61.8 Å². The molecule has 0 amide bonds. The summed E-state index contributed by atoms with van der Waals surface area (Å²) in [5.41, 5.74) is 4.68. The molecule has 1 N–H and O–H groups in total. The maximum absolute atomic E-state index is 9.65. The molecule has 1 saturated heterocycles. The quantitative estimate of drug-likeness (QED) is 0.651. The number of aliphatic hydroxyl groups excluding tert-OH is 1. The third-order valence-corrected chi connectivity index (χ3v) is 6.24. The maximum Gasteiger partial charge on any atom is 0.123 e. The van der Waals surface area contributed by atoms with Crippen LogP contribution in [0.15, 0.2) is 42.5 Å². The van der Waals surface area contributed by atoms with Gasteiger partial charge in [0.25, 0.3) is 0 Å². The van der Waals surface area contributed by atoms with Crippen molar-refractivity contribution in [1.29, 1.82) is 0 Å². The van der Waals surface area contributed by atoms with E-state index in [0.29, 0.717) is 6.04 Å². The first-order valence-electron chi connectivity index (χ1n) is 10.7. The van der Waals surface area contributed by atoms with Crippen molar-refractivity contribution in [3.63, 3.8) is 0 Å². The fraction of sp³-hybridized carbons (Fsp3) is 0.458. The zero-order valence-corrected chi connectivity index (χ0v) is 18.2. The number of hydrogen-bond acceptors (Lipinski definition) is 5. The van der Waals surface area contributed by atoms with Gasteiger partial charge in [-0.1, -0.05) is 24.3 Å². The highest BCUT2D eigenvalue weighted by atomic mass is 16.5. The number of aromatic nitrogens is 2. The number of aryl methyl sites for hydroxylation is 2. The lowest BCUT2D eigenvalue weighted by Gasteiger charge is -2.41. The van der Waals surface area contributed by atoms with Crippen molar-refractivity contribution in [2.24, 2.45) is 7.05 Å². The van der Waals surface area contributed by atoms with E-state index in [-0.39, 0.29) is 6.61 Å². The fourth-order valence-electron chi connectivity index (χ4n) is 4.54. The van der Waals surface area contributed by atoms with Gasteiger partial charge in [-0.3, -0.25) is 9.80 Å². The van der Waals surface area contributed by atoms with E-state index in [4.69, 9.17) is 9.72 Å². The minimum Gasteiger partial charge on any atom is -0.496 e. The number of aliphatic hydroxyl groups is 1. The number of rotatable bonds is 7. The molecule has 4 rings (SSSR count). The van der Waals surface area contributed by atoms with E-state index in [9.17, 15) is 5.11 Å². The van der Waals surface area contributed by atoms with Crippen molar-refractivity contribution in [3.05, 3.63) is 59.4 Å². The molecular weight excluding hydrogens is 376 g/mol. The van der Waals surface area contributed by atoms with Gasteiger partial charge in [0.2, 0.25) is 0 Å². The largest absolute Gasteiger partial charge is 0.496 e. The van der Waals surface area contributed by atoms with E-state index in [1.807, 2.05) is 12.1 Å². The summed E-state index contributed by atoms with van der Waals surface area (Å²) in [7, 11) is 3.81. The minimum absolute atomic E-state index is 0.211. The van der Waals surface area contributed by atoms with Crippen LogP contribution in [-0.2, 0) is 20.1 Å². The highest BCUT2D eigenvalue weighted by Crippen LogP contribution is 2.23. The zero-order chi connectivity index (χ0) is 21.1. The highest BCUT2D eigenvalue weighted by molar-refractivity contribution is 5.75. The number of imidazole rings is 1. The molecule has 160 valence electrons. The fourth-order valence-corrected chi connectivity index (χ4v) is 4.54. The third-order valence-electron chi connectivity index (χ3n) is 6.24. The molecule has 1 aliphatic rings. The van der Waals surface area contributed by atoms with Crippen molar-refractivity contribution < 1.29 is 9.84 Å². The number of nitrogens with zero attached hydrogens (tertiary/aromatic N) is 4. The lowest BCUT2D eigenvalue weighted by molar-refractivity contribution is 0.0484. The summed E-state index contributed by atoms with van der Waals surface area (Å²) in [5.74, 6) is 2.02. The number of piperazine rings is 1. The van der Waals surface area contributed by atoms with Gasteiger partial charge in [-0.25, -0.2) is 4.98 Å². The summed E-state index contributed by atoms with van der Waals surface area (Å²) >= 11 is 0. The number of hydrogen-bond donors (Lipinski definition) is 1. The topological polar surface area (TPSA) is 53.8 Å². The molecule has 0 bridgehead atoms. The van der Waals surface area contributed by atoms with Crippen LogP contribution in [0.25, 0.3) is 11.0 Å². The average molecular weight is 409 g/mol. The van der Waals surface area contributed by atoms with Crippen LogP contribution < -0.4 is 4.74 Å². The van der Waals surface area contributed by atoms with Gasteiger partial charge in [0.1, 0.15) is 11.6 Å². The molecular formula is C24H32N4O2. The number of ether oxygens (including phenoxy) is 1. The summed E-state index contributed by atoms with van der Waals surface area (Å²) in [6, 6.07) is 15.0. The molecule has 6 heteroatoms. The molecule has 0 saturated carbocycles. The van der Waals surface area contributed by atoms with Crippen molar-refractivity contribution in [3.8, 4) is 5.75 Å². The molecule has 2 heterocycles. The van der Waals surface area contributed by atoms with E-state index in [2.05, 4.69) is 58.7 Å². The average Bonchev–Trinajstić information content (AvgIpc) is 3.06. The van der Waals surface area contributed by atoms with E-state index >= 15 is 0 Å². The Balaban J connectivity index is 1.44. The van der Waals surface area contributed by atoms with Crippen LogP contribution in [0.5, 0.6) is 5.75 Å². The first-order valence-corrected chi connectivity index (χ1v) is 10.7. The normalized spacial score (nSPS) is 18.2. The lowest BCUT2D eigenvalue weighted by Crippen LogP contribution is -2.52. The summed E-state index contributed by atoms with van der Waals surface area (Å²) < 4.78 is 7.59. The van der Waals surface area contributed by atoms with Gasteiger partial charge < -0.3 is 14.4 Å². The van der Waals surface area contributed by atoms with Gasteiger partial charge in [-0.15, -0.1) is 0 Å². The molecule has 1 aromatic heterocycles. The molecule has 1 atom stereocenters. The Kier molecular flexibility index (Phi) is 6.37. The molecule has 0 spiro atoms. The molecule has 3 aromatic rings. The lowest BCUT2D eigenvalue weighted by atomic mass is 10.1. The summed E-state index contributed by atoms with van der Waals surface area (Å²) in [5, 5.41) is 9.65. The minimum atomic E-state index is 0.211. The molecule has 1 aliphatic heterocycles. The SMILES string of the molecule is COc1ccc(CN2CCN(Cc3nc4ccccc4n3C)C[C@H]2CCO)cc1C. The molecule has 2 aromatic carbocycles. The van der Waals surface area contributed by atoms with Crippen molar-refractivity contribution in [2.75, 3.05) is 33.4 Å². The van der Waals surface area contributed by atoms with E-state index < -0.39 is 0 Å². The second-order valence-corrected chi connectivity index (χ2v) is 8.25. The Hall–Kier alpha value is -2.41. The zero-order valence-electron chi connectivity index (χ0n) is 18.2. The maximum atomic E-state index is 9.65. The van der Waals surface area contributed by atoms with Gasteiger partial charge in [0.05, 0.1) is 24.7 Å². The van der Waals surface area contributed by atoms with Crippen molar-refractivity contribution in [2.45, 2.75) is 32.5 Å².